The number of halogens is 1. The third-order valence-corrected chi connectivity index (χ3v) is 3.89. The minimum atomic E-state index is -0.990. The van der Waals surface area contributed by atoms with Crippen LogP contribution in [0, 0.1) is 5.92 Å². The lowest BCUT2D eigenvalue weighted by molar-refractivity contribution is -0.138. The van der Waals surface area contributed by atoms with Crippen LogP contribution in [0.25, 0.3) is 0 Å². The largest absolute Gasteiger partial charge is 0.480 e. The summed E-state index contributed by atoms with van der Waals surface area (Å²) in [7, 11) is 0. The van der Waals surface area contributed by atoms with E-state index in [0.29, 0.717) is 12.6 Å². The molecule has 0 aromatic heterocycles. The van der Waals surface area contributed by atoms with Crippen molar-refractivity contribution < 1.29 is 14.7 Å². The zero-order chi connectivity index (χ0) is 12.3. The van der Waals surface area contributed by atoms with E-state index in [0.717, 1.165) is 18.9 Å². The van der Waals surface area contributed by atoms with Gasteiger partial charge in [0.15, 0.2) is 0 Å². The summed E-state index contributed by atoms with van der Waals surface area (Å²) < 4.78 is 0. The molecule has 1 saturated carbocycles. The zero-order valence-electron chi connectivity index (χ0n) is 10.4. The van der Waals surface area contributed by atoms with Crippen LogP contribution >= 0.6 is 12.4 Å². The van der Waals surface area contributed by atoms with Gasteiger partial charge in [-0.3, -0.25) is 14.5 Å². The molecule has 1 atom stereocenters. The van der Waals surface area contributed by atoms with Gasteiger partial charge in [0.2, 0.25) is 5.91 Å². The van der Waals surface area contributed by atoms with Crippen molar-refractivity contribution in [2.45, 2.75) is 38.1 Å². The molecule has 1 unspecified atom stereocenters. The molecule has 0 aromatic rings. The van der Waals surface area contributed by atoms with Gasteiger partial charge in [0.05, 0.1) is 6.54 Å². The summed E-state index contributed by atoms with van der Waals surface area (Å²) in [6.07, 6.45) is 6.25. The van der Waals surface area contributed by atoms with Gasteiger partial charge in [0.1, 0.15) is 6.54 Å². The number of nitrogens with zero attached hydrogens (tertiary/aromatic N) is 1. The van der Waals surface area contributed by atoms with E-state index in [-0.39, 0.29) is 24.9 Å². The highest BCUT2D eigenvalue weighted by molar-refractivity contribution is 5.85. The Morgan fingerprint density at radius 2 is 1.94 bits per heavy atom. The van der Waals surface area contributed by atoms with Crippen molar-refractivity contribution in [1.29, 1.82) is 0 Å². The molecular formula is C12H21ClN2O3. The first-order valence-electron chi connectivity index (χ1n) is 6.39. The third kappa shape index (κ3) is 3.85. The van der Waals surface area contributed by atoms with E-state index in [2.05, 4.69) is 10.2 Å². The van der Waals surface area contributed by atoms with Crippen LogP contribution in [0.15, 0.2) is 0 Å². The number of carboxylic acids is 1. The third-order valence-electron chi connectivity index (χ3n) is 3.89. The lowest BCUT2D eigenvalue weighted by Crippen LogP contribution is -2.45. The van der Waals surface area contributed by atoms with E-state index in [4.69, 9.17) is 5.11 Å². The van der Waals surface area contributed by atoms with E-state index in [1.807, 2.05) is 0 Å². The number of hydrogen-bond acceptors (Lipinski definition) is 3. The Labute approximate surface area is 113 Å². The molecule has 1 heterocycles. The quantitative estimate of drug-likeness (QED) is 0.782. The van der Waals surface area contributed by atoms with Crippen molar-refractivity contribution in [2.24, 2.45) is 5.92 Å². The van der Waals surface area contributed by atoms with E-state index in [1.165, 1.54) is 25.7 Å². The SMILES string of the molecule is Cl.O=C(O)CNC(=O)CN1CCCC1C1CCC1. The topological polar surface area (TPSA) is 69.6 Å². The molecule has 0 spiro atoms. The smallest absolute Gasteiger partial charge is 0.322 e. The number of carbonyl (C=O) groups is 2. The van der Waals surface area contributed by atoms with Crippen LogP contribution in [0.5, 0.6) is 0 Å². The van der Waals surface area contributed by atoms with Gasteiger partial charge in [-0.2, -0.15) is 0 Å². The zero-order valence-corrected chi connectivity index (χ0v) is 11.2. The molecule has 2 N–H and O–H groups in total. The normalized spacial score (nSPS) is 24.1. The van der Waals surface area contributed by atoms with E-state index < -0.39 is 5.97 Å². The summed E-state index contributed by atoms with van der Waals surface area (Å²) in [5.41, 5.74) is 0. The number of carboxylic acid groups (broad SMARTS) is 1. The summed E-state index contributed by atoms with van der Waals surface area (Å²) in [6.45, 7) is 1.05. The maximum absolute atomic E-state index is 11.6. The van der Waals surface area contributed by atoms with Gasteiger partial charge in [-0.15, -0.1) is 12.4 Å². The van der Waals surface area contributed by atoms with Gasteiger partial charge < -0.3 is 10.4 Å². The summed E-state index contributed by atoms with van der Waals surface area (Å²) >= 11 is 0. The minimum Gasteiger partial charge on any atom is -0.480 e. The first kappa shape index (κ1) is 15.2. The molecule has 1 aliphatic heterocycles. The van der Waals surface area contributed by atoms with Gasteiger partial charge in [-0.05, 0) is 38.1 Å². The molecule has 2 aliphatic rings. The average molecular weight is 277 g/mol. The lowest BCUT2D eigenvalue weighted by Gasteiger charge is -2.36. The predicted molar refractivity (Wildman–Crippen MR) is 69.8 cm³/mol. The summed E-state index contributed by atoms with van der Waals surface area (Å²) in [5.74, 6) is -0.390. The first-order valence-corrected chi connectivity index (χ1v) is 6.39. The number of amides is 1. The molecule has 104 valence electrons. The summed E-state index contributed by atoms with van der Waals surface area (Å²) in [4.78, 5) is 24.1. The Morgan fingerprint density at radius 1 is 1.22 bits per heavy atom. The molecule has 2 fully saturated rings. The molecule has 5 nitrogen and oxygen atoms in total. The molecular weight excluding hydrogens is 256 g/mol. The second-order valence-corrected chi connectivity index (χ2v) is 5.04. The number of aliphatic carboxylic acids is 1. The second-order valence-electron chi connectivity index (χ2n) is 5.04. The van der Waals surface area contributed by atoms with Gasteiger partial charge in [0, 0.05) is 6.04 Å². The van der Waals surface area contributed by atoms with Crippen molar-refractivity contribution >= 4 is 24.3 Å². The lowest BCUT2D eigenvalue weighted by atomic mass is 9.79. The fourth-order valence-electron chi connectivity index (χ4n) is 2.82. The van der Waals surface area contributed by atoms with Crippen molar-refractivity contribution in [3.05, 3.63) is 0 Å². The van der Waals surface area contributed by atoms with Gasteiger partial charge in [0.25, 0.3) is 0 Å². The van der Waals surface area contributed by atoms with E-state index in [1.54, 1.807) is 0 Å². The highest BCUT2D eigenvalue weighted by Gasteiger charge is 2.35. The molecule has 0 bridgehead atoms. The molecule has 1 amide bonds. The highest BCUT2D eigenvalue weighted by atomic mass is 35.5. The monoisotopic (exact) mass is 276 g/mol. The second kappa shape index (κ2) is 6.95. The maximum atomic E-state index is 11.6. The molecule has 18 heavy (non-hydrogen) atoms. The Hall–Kier alpha value is -0.810. The van der Waals surface area contributed by atoms with Gasteiger partial charge in [-0.1, -0.05) is 6.42 Å². The Morgan fingerprint density at radius 3 is 2.50 bits per heavy atom. The fourth-order valence-corrected chi connectivity index (χ4v) is 2.82. The standard InChI is InChI=1S/C12H20N2O3.ClH/c15-11(13-7-12(16)17)8-14-6-2-5-10(14)9-3-1-4-9;/h9-10H,1-8H2,(H,13,15)(H,16,17);1H. The van der Waals surface area contributed by atoms with Crippen molar-refractivity contribution in [2.75, 3.05) is 19.6 Å². The van der Waals surface area contributed by atoms with Crippen LogP contribution in [0.2, 0.25) is 0 Å². The molecule has 6 heteroatoms. The van der Waals surface area contributed by atoms with Crippen LogP contribution in [-0.2, 0) is 9.59 Å². The first-order chi connectivity index (χ1) is 8.16. The van der Waals surface area contributed by atoms with Crippen molar-refractivity contribution in [3.63, 3.8) is 0 Å². The molecule has 1 aliphatic carbocycles. The van der Waals surface area contributed by atoms with Crippen LogP contribution in [0.4, 0.5) is 0 Å². The Bertz CT molecular complexity index is 308. The Kier molecular flexibility index (Phi) is 5.88. The van der Waals surface area contributed by atoms with Gasteiger partial charge >= 0.3 is 5.97 Å². The maximum Gasteiger partial charge on any atom is 0.322 e. The van der Waals surface area contributed by atoms with Crippen LogP contribution in [-0.4, -0.2) is 47.6 Å². The highest BCUT2D eigenvalue weighted by Crippen LogP contribution is 2.36. The van der Waals surface area contributed by atoms with E-state index >= 15 is 0 Å². The van der Waals surface area contributed by atoms with Crippen LogP contribution in [0.1, 0.15) is 32.1 Å². The average Bonchev–Trinajstić information content (AvgIpc) is 2.61. The number of likely N-dealkylation sites (tertiary alicyclic amines) is 1. The number of hydrogen-bond donors (Lipinski definition) is 2. The summed E-state index contributed by atoms with van der Waals surface area (Å²) in [5, 5.41) is 10.9. The van der Waals surface area contributed by atoms with Crippen LogP contribution in [0.3, 0.4) is 0 Å². The fraction of sp³-hybridized carbons (Fsp3) is 0.833. The number of carbonyl (C=O) groups excluding carboxylic acids is 1. The molecule has 1 saturated heterocycles. The van der Waals surface area contributed by atoms with Crippen molar-refractivity contribution in [3.8, 4) is 0 Å². The number of nitrogens with one attached hydrogen (secondary N) is 1. The summed E-state index contributed by atoms with van der Waals surface area (Å²) in [6, 6.07) is 0.555. The Balaban J connectivity index is 0.00000162. The molecule has 0 radical (unpaired) electrons. The van der Waals surface area contributed by atoms with E-state index in [9.17, 15) is 9.59 Å². The predicted octanol–water partition coefficient (Wildman–Crippen LogP) is 0.873. The number of rotatable bonds is 5. The van der Waals surface area contributed by atoms with Crippen LogP contribution < -0.4 is 5.32 Å². The molecule has 2 rings (SSSR count). The molecule has 0 aromatic carbocycles. The van der Waals surface area contributed by atoms with Gasteiger partial charge in [-0.25, -0.2) is 0 Å². The van der Waals surface area contributed by atoms with Crippen molar-refractivity contribution in [1.82, 2.24) is 10.2 Å². The minimum absolute atomic E-state index is 0.